The number of hydrogen-bond donors (Lipinski definition) is 0. The van der Waals surface area contributed by atoms with Gasteiger partial charge in [-0.05, 0) is 121 Å². The molecule has 200 valence electrons. The first-order valence-corrected chi connectivity index (χ1v) is 15.3. The van der Waals surface area contributed by atoms with E-state index in [-0.39, 0.29) is 11.7 Å². The van der Waals surface area contributed by atoms with Gasteiger partial charge in [0.2, 0.25) is 5.91 Å². The molecule has 1 unspecified atom stereocenters. The number of anilines is 1. The molecule has 1 aliphatic heterocycles. The molecule has 4 fully saturated rings. The fourth-order valence-electron chi connectivity index (χ4n) is 7.73. The van der Waals surface area contributed by atoms with Gasteiger partial charge in [-0.25, -0.2) is 0 Å². The van der Waals surface area contributed by atoms with Crippen LogP contribution in [0.25, 0.3) is 16.3 Å². The Morgan fingerprint density at radius 3 is 2.54 bits per heavy atom. The minimum Gasteiger partial charge on any atom is -0.368 e. The maximum atomic E-state index is 13.1. The van der Waals surface area contributed by atoms with E-state index in [1.165, 1.54) is 76.1 Å². The number of aryl methyl sites for hydroxylation is 1. The number of fused-ring (bicyclic) bond motifs is 4. The number of benzene rings is 2. The molecule has 4 heteroatoms. The molecule has 3 saturated carbocycles. The largest absolute Gasteiger partial charge is 0.368 e. The quantitative estimate of drug-likeness (QED) is 0.405. The molecule has 0 spiro atoms. The van der Waals surface area contributed by atoms with Gasteiger partial charge in [-0.3, -0.25) is 9.59 Å². The molecular weight excluding hydrogens is 480 g/mol. The van der Waals surface area contributed by atoms with Gasteiger partial charge >= 0.3 is 0 Å². The maximum absolute atomic E-state index is 13.1. The van der Waals surface area contributed by atoms with E-state index in [0.717, 1.165) is 51.7 Å². The minimum atomic E-state index is -0.0475. The van der Waals surface area contributed by atoms with Crippen LogP contribution in [0.5, 0.6) is 0 Å². The third-order valence-electron chi connectivity index (χ3n) is 10.3. The number of rotatable bonds is 6. The van der Waals surface area contributed by atoms with Crippen molar-refractivity contribution in [2.24, 2.45) is 17.8 Å². The maximum Gasteiger partial charge on any atom is 0.226 e. The monoisotopic (exact) mass is 518 g/mol. The molecule has 4 nitrogen and oxygen atoms in total. The lowest BCUT2D eigenvalue weighted by molar-refractivity contribution is -0.135. The number of carbonyl (C=O) groups excluding carboxylic acids is 2. The van der Waals surface area contributed by atoms with E-state index in [1.54, 1.807) is 0 Å². The predicted octanol–water partition coefficient (Wildman–Crippen LogP) is 6.59. The number of allylic oxidation sites excluding steroid dienone is 5. The summed E-state index contributed by atoms with van der Waals surface area (Å²) in [5, 5.41) is 2.83. The fraction of sp³-hybridized carbons (Fsp3) is 0.486. The lowest BCUT2D eigenvalue weighted by Crippen LogP contribution is -2.56. The Morgan fingerprint density at radius 1 is 0.949 bits per heavy atom. The Morgan fingerprint density at radius 2 is 1.79 bits per heavy atom. The van der Waals surface area contributed by atoms with E-state index in [4.69, 9.17) is 0 Å². The van der Waals surface area contributed by atoms with Crippen molar-refractivity contribution < 1.29 is 9.59 Å². The summed E-state index contributed by atoms with van der Waals surface area (Å²) in [6, 6.07) is 10.0. The second kappa shape index (κ2) is 8.94. The van der Waals surface area contributed by atoms with Gasteiger partial charge in [-0.1, -0.05) is 36.4 Å². The molecule has 1 heterocycles. The van der Waals surface area contributed by atoms with Gasteiger partial charge in [0.15, 0.2) is 5.78 Å². The lowest BCUT2D eigenvalue weighted by atomic mass is 9.73. The first-order chi connectivity index (χ1) is 19.1. The van der Waals surface area contributed by atoms with Crippen molar-refractivity contribution in [2.45, 2.75) is 69.7 Å². The van der Waals surface area contributed by atoms with Crippen LogP contribution in [0.2, 0.25) is 0 Å². The normalized spacial score (nSPS) is 26.5. The highest BCUT2D eigenvalue weighted by Gasteiger charge is 2.44. The van der Waals surface area contributed by atoms with Crippen molar-refractivity contribution in [1.29, 1.82) is 0 Å². The Hall–Kier alpha value is -3.14. The molecule has 8 rings (SSSR count). The van der Waals surface area contributed by atoms with Gasteiger partial charge in [0.25, 0.3) is 0 Å². The van der Waals surface area contributed by atoms with Crippen molar-refractivity contribution in [3.8, 4) is 0 Å². The van der Waals surface area contributed by atoms with Crippen LogP contribution >= 0.6 is 0 Å². The number of nitrogens with zero attached hydrogens (tertiary/aromatic N) is 2. The third kappa shape index (κ3) is 4.01. The Labute approximate surface area is 231 Å². The van der Waals surface area contributed by atoms with Crippen LogP contribution < -0.4 is 4.90 Å². The van der Waals surface area contributed by atoms with E-state index in [2.05, 4.69) is 52.8 Å². The number of amides is 1. The average molecular weight is 519 g/mol. The molecule has 0 bridgehead atoms. The predicted molar refractivity (Wildman–Crippen MR) is 157 cm³/mol. The summed E-state index contributed by atoms with van der Waals surface area (Å²) in [6.07, 6.45) is 16.0. The van der Waals surface area contributed by atoms with Crippen LogP contribution in [0.15, 0.2) is 54.6 Å². The SMILES string of the molecule is C=CC(=O)[C@@H]1CC=CC2=C1CCc1c2ccc2c(C3CC3)cc(N3CCN(C(=O)C4CC4)C(C4CC4)C3)cc12. The fourth-order valence-corrected chi connectivity index (χ4v) is 7.73. The summed E-state index contributed by atoms with van der Waals surface area (Å²) in [7, 11) is 0. The minimum absolute atomic E-state index is 0.0475. The van der Waals surface area contributed by atoms with Gasteiger partial charge in [-0.15, -0.1) is 0 Å². The second-order valence-electron chi connectivity index (χ2n) is 12.9. The summed E-state index contributed by atoms with van der Waals surface area (Å²) in [6.45, 7) is 6.52. The highest BCUT2D eigenvalue weighted by Crippen LogP contribution is 2.49. The van der Waals surface area contributed by atoms with Gasteiger partial charge in [0.1, 0.15) is 0 Å². The Balaban J connectivity index is 1.19. The van der Waals surface area contributed by atoms with Crippen LogP contribution in [-0.2, 0) is 16.0 Å². The summed E-state index contributed by atoms with van der Waals surface area (Å²) < 4.78 is 0. The van der Waals surface area contributed by atoms with Crippen molar-refractivity contribution >= 4 is 33.7 Å². The van der Waals surface area contributed by atoms with Gasteiger partial charge in [0, 0.05) is 37.2 Å². The lowest BCUT2D eigenvalue weighted by Gasteiger charge is -2.43. The molecule has 0 aromatic heterocycles. The van der Waals surface area contributed by atoms with Crippen LogP contribution in [-0.4, -0.2) is 42.3 Å². The molecule has 2 aromatic carbocycles. The molecule has 0 radical (unpaired) electrons. The van der Waals surface area contributed by atoms with E-state index < -0.39 is 0 Å². The van der Waals surface area contributed by atoms with Crippen LogP contribution in [0.3, 0.4) is 0 Å². The van der Waals surface area contributed by atoms with Crippen molar-refractivity contribution in [1.82, 2.24) is 4.90 Å². The smallest absolute Gasteiger partial charge is 0.226 e. The third-order valence-corrected chi connectivity index (χ3v) is 10.3. The summed E-state index contributed by atoms with van der Waals surface area (Å²) >= 11 is 0. The highest BCUT2D eigenvalue weighted by molar-refractivity contribution is 6.01. The van der Waals surface area contributed by atoms with E-state index >= 15 is 0 Å². The second-order valence-corrected chi connectivity index (χ2v) is 12.9. The number of hydrogen-bond acceptors (Lipinski definition) is 3. The summed E-state index contributed by atoms with van der Waals surface area (Å²) in [4.78, 5) is 30.6. The van der Waals surface area contributed by atoms with E-state index in [1.807, 2.05) is 0 Å². The van der Waals surface area contributed by atoms with Gasteiger partial charge < -0.3 is 9.80 Å². The zero-order chi connectivity index (χ0) is 26.2. The average Bonchev–Trinajstić information content (AvgIpc) is 3.83. The Kier molecular flexibility index (Phi) is 5.44. The zero-order valence-corrected chi connectivity index (χ0v) is 22.8. The molecule has 2 atom stereocenters. The highest BCUT2D eigenvalue weighted by atomic mass is 16.2. The zero-order valence-electron chi connectivity index (χ0n) is 22.8. The number of piperazine rings is 1. The van der Waals surface area contributed by atoms with E-state index in [9.17, 15) is 9.59 Å². The molecule has 5 aliphatic carbocycles. The van der Waals surface area contributed by atoms with Gasteiger partial charge in [0.05, 0.1) is 6.04 Å². The Bertz CT molecular complexity index is 1470. The van der Waals surface area contributed by atoms with Crippen LogP contribution in [0, 0.1) is 17.8 Å². The van der Waals surface area contributed by atoms with Crippen molar-refractivity contribution in [2.75, 3.05) is 24.5 Å². The molecule has 39 heavy (non-hydrogen) atoms. The molecule has 2 aromatic rings. The molecular formula is C35H38N2O2. The number of carbonyl (C=O) groups is 2. The molecule has 1 amide bonds. The summed E-state index contributed by atoms with van der Waals surface area (Å²) in [5.41, 5.74) is 8.20. The standard InChI is InChI=1S/C35H38N2O2/c1-2-34(38)30-5-3-4-25-26-12-15-29-31(21-6-7-21)18-24(19-32(29)28(26)14-13-27(25)30)36-16-17-37(35(39)23-10-11-23)33(20-36)22-8-9-22/h2-4,12,15,18-19,21-23,30,33H,1,5-11,13-14,16-17,20H2/t30-,33?/m1/s1. The van der Waals surface area contributed by atoms with Crippen molar-refractivity contribution in [3.63, 3.8) is 0 Å². The first-order valence-electron chi connectivity index (χ1n) is 15.3. The first kappa shape index (κ1) is 23.7. The van der Waals surface area contributed by atoms with Gasteiger partial charge in [-0.2, -0.15) is 0 Å². The topological polar surface area (TPSA) is 40.6 Å². The molecule has 1 saturated heterocycles. The molecule has 6 aliphatic rings. The van der Waals surface area contributed by atoms with E-state index in [0.29, 0.717) is 29.7 Å². The van der Waals surface area contributed by atoms with Crippen LogP contribution in [0.1, 0.15) is 74.0 Å². The summed E-state index contributed by atoms with van der Waals surface area (Å²) in [5.74, 6) is 2.19. The van der Waals surface area contributed by atoms with Crippen LogP contribution in [0.4, 0.5) is 5.69 Å². The molecule has 0 N–H and O–H groups in total. The number of ketones is 1. The van der Waals surface area contributed by atoms with Crippen molar-refractivity contribution in [3.05, 3.63) is 71.3 Å².